The van der Waals surface area contributed by atoms with Gasteiger partial charge in [0.2, 0.25) is 5.91 Å². The minimum atomic E-state index is -0.732. The Labute approximate surface area is 153 Å². The molecule has 0 aliphatic carbocycles. The number of carbonyl (C=O) groups is 1. The number of nitrogens with zero attached hydrogens (tertiary/aromatic N) is 2. The molecule has 0 aliphatic rings. The highest BCUT2D eigenvalue weighted by molar-refractivity contribution is 6.41. The van der Waals surface area contributed by atoms with Crippen LogP contribution in [0, 0.1) is 5.41 Å². The van der Waals surface area contributed by atoms with Crippen molar-refractivity contribution in [1.82, 2.24) is 9.78 Å². The molecular formula is C15H15Cl3N4O2. The molecule has 1 aromatic carbocycles. The van der Waals surface area contributed by atoms with E-state index < -0.39 is 16.9 Å². The highest BCUT2D eigenvalue weighted by Crippen LogP contribution is 2.26. The van der Waals surface area contributed by atoms with Gasteiger partial charge in [0.25, 0.3) is 5.56 Å². The smallest absolute Gasteiger partial charge is 0.291 e. The number of halogens is 3. The summed E-state index contributed by atoms with van der Waals surface area (Å²) in [6.07, 6.45) is 1.28. The Morgan fingerprint density at radius 1 is 1.29 bits per heavy atom. The Morgan fingerprint density at radius 2 is 1.96 bits per heavy atom. The Bertz CT molecular complexity index is 849. The fraction of sp³-hybridized carbons (Fsp3) is 0.267. The number of nitrogens with two attached hydrogens (primary N) is 1. The maximum atomic E-state index is 12.1. The number of nitrogens with one attached hydrogen (secondary N) is 1. The van der Waals surface area contributed by atoms with E-state index in [9.17, 15) is 9.59 Å². The van der Waals surface area contributed by atoms with Crippen molar-refractivity contribution in [2.45, 2.75) is 13.8 Å². The first-order valence-electron chi connectivity index (χ1n) is 6.90. The Morgan fingerprint density at radius 3 is 2.54 bits per heavy atom. The number of aromatic nitrogens is 2. The number of anilines is 1. The van der Waals surface area contributed by atoms with Gasteiger partial charge in [-0.1, -0.05) is 34.8 Å². The first-order valence-corrected chi connectivity index (χ1v) is 8.04. The first-order chi connectivity index (χ1) is 11.1. The lowest BCUT2D eigenvalue weighted by Crippen LogP contribution is -2.37. The molecule has 3 N–H and O–H groups in total. The van der Waals surface area contributed by atoms with Gasteiger partial charge in [0, 0.05) is 6.54 Å². The second-order valence-corrected chi connectivity index (χ2v) is 6.98. The van der Waals surface area contributed by atoms with Crippen LogP contribution in [0.15, 0.2) is 29.2 Å². The van der Waals surface area contributed by atoms with Crippen LogP contribution >= 0.6 is 34.8 Å². The molecule has 0 radical (unpaired) electrons. The van der Waals surface area contributed by atoms with Gasteiger partial charge < -0.3 is 11.1 Å². The number of hydrogen-bond donors (Lipinski definition) is 2. The maximum Gasteiger partial charge on any atom is 0.291 e. The van der Waals surface area contributed by atoms with Crippen LogP contribution in [0.2, 0.25) is 15.1 Å². The fourth-order valence-corrected chi connectivity index (χ4v) is 2.27. The molecule has 0 atom stereocenters. The van der Waals surface area contributed by atoms with Crippen molar-refractivity contribution >= 4 is 46.4 Å². The summed E-state index contributed by atoms with van der Waals surface area (Å²) in [6, 6.07) is 4.87. The Kier molecular flexibility index (Phi) is 5.42. The molecule has 0 saturated heterocycles. The van der Waals surface area contributed by atoms with E-state index >= 15 is 0 Å². The number of amides is 1. The van der Waals surface area contributed by atoms with Crippen LogP contribution in [-0.4, -0.2) is 22.2 Å². The van der Waals surface area contributed by atoms with Crippen LogP contribution in [0.25, 0.3) is 5.69 Å². The van der Waals surface area contributed by atoms with Gasteiger partial charge >= 0.3 is 0 Å². The normalized spacial score (nSPS) is 11.4. The van der Waals surface area contributed by atoms with Crippen LogP contribution in [0.1, 0.15) is 13.8 Å². The van der Waals surface area contributed by atoms with E-state index in [1.807, 2.05) is 0 Å². The van der Waals surface area contributed by atoms with E-state index in [0.717, 1.165) is 4.68 Å². The molecule has 1 amide bonds. The number of hydrogen-bond acceptors (Lipinski definition) is 4. The maximum absolute atomic E-state index is 12.1. The summed E-state index contributed by atoms with van der Waals surface area (Å²) in [7, 11) is 0. The van der Waals surface area contributed by atoms with E-state index in [2.05, 4.69) is 10.4 Å². The number of primary amides is 1. The zero-order valence-electron chi connectivity index (χ0n) is 12.9. The molecule has 0 fully saturated rings. The van der Waals surface area contributed by atoms with Crippen LogP contribution in [0.3, 0.4) is 0 Å². The minimum absolute atomic E-state index is 0.0796. The molecule has 2 rings (SSSR count). The Balaban J connectivity index is 2.30. The van der Waals surface area contributed by atoms with Gasteiger partial charge in [-0.25, -0.2) is 0 Å². The third kappa shape index (κ3) is 3.83. The molecule has 0 bridgehead atoms. The van der Waals surface area contributed by atoms with Gasteiger partial charge in [0.15, 0.2) is 0 Å². The minimum Gasteiger partial charge on any atom is -0.383 e. The highest BCUT2D eigenvalue weighted by atomic mass is 35.5. The summed E-state index contributed by atoms with van der Waals surface area (Å²) in [4.78, 5) is 23.4. The van der Waals surface area contributed by atoms with E-state index in [-0.39, 0.29) is 10.0 Å². The lowest BCUT2D eigenvalue weighted by atomic mass is 9.93. The lowest BCUT2D eigenvalue weighted by molar-refractivity contribution is -0.125. The van der Waals surface area contributed by atoms with E-state index in [4.69, 9.17) is 40.5 Å². The molecule has 0 aliphatic heterocycles. The van der Waals surface area contributed by atoms with Gasteiger partial charge in [-0.05, 0) is 32.0 Å². The molecule has 0 spiro atoms. The molecule has 6 nitrogen and oxygen atoms in total. The van der Waals surface area contributed by atoms with Crippen LogP contribution in [0.5, 0.6) is 0 Å². The van der Waals surface area contributed by atoms with Crippen molar-refractivity contribution in [2.24, 2.45) is 11.1 Å². The summed E-state index contributed by atoms with van der Waals surface area (Å²) in [5, 5.41) is 7.31. The number of rotatable bonds is 5. The molecule has 0 saturated carbocycles. The predicted molar refractivity (Wildman–Crippen MR) is 96.3 cm³/mol. The standard InChI is InChI=1S/C15H15Cl3N4O2/c1-15(2,14(19)24)7-20-11-4-3-8(5-9(11)16)22-13(23)12(18)10(17)6-21-22/h3-6,20H,7H2,1-2H3,(H2,19,24). The quantitative estimate of drug-likeness (QED) is 0.822. The van der Waals surface area contributed by atoms with Gasteiger partial charge in [-0.3, -0.25) is 9.59 Å². The van der Waals surface area contributed by atoms with E-state index in [1.165, 1.54) is 6.20 Å². The molecule has 0 unspecified atom stereocenters. The largest absolute Gasteiger partial charge is 0.383 e. The highest BCUT2D eigenvalue weighted by Gasteiger charge is 2.24. The third-order valence-electron chi connectivity index (χ3n) is 3.46. The molecule has 2 aromatic rings. The average Bonchev–Trinajstić information content (AvgIpc) is 2.51. The van der Waals surface area contributed by atoms with Crippen molar-refractivity contribution in [3.05, 3.63) is 49.8 Å². The van der Waals surface area contributed by atoms with Crippen molar-refractivity contribution in [3.63, 3.8) is 0 Å². The predicted octanol–water partition coefficient (Wildman–Crippen LogP) is 3.12. The van der Waals surface area contributed by atoms with Crippen LogP contribution in [-0.2, 0) is 4.79 Å². The van der Waals surface area contributed by atoms with Crippen LogP contribution < -0.4 is 16.6 Å². The molecular weight excluding hydrogens is 375 g/mol. The summed E-state index contributed by atoms with van der Waals surface area (Å²) >= 11 is 17.8. The zero-order chi connectivity index (χ0) is 18.1. The van der Waals surface area contributed by atoms with Gasteiger partial charge in [-0.2, -0.15) is 9.78 Å². The summed E-state index contributed by atoms with van der Waals surface area (Å²) in [6.45, 7) is 3.76. The van der Waals surface area contributed by atoms with E-state index in [0.29, 0.717) is 22.9 Å². The Hall–Kier alpha value is -1.76. The third-order valence-corrected chi connectivity index (χ3v) is 4.52. The van der Waals surface area contributed by atoms with E-state index in [1.54, 1.807) is 32.0 Å². The van der Waals surface area contributed by atoms with Crippen molar-refractivity contribution in [2.75, 3.05) is 11.9 Å². The lowest BCUT2D eigenvalue weighted by Gasteiger charge is -2.22. The number of carbonyl (C=O) groups excluding carboxylic acids is 1. The van der Waals surface area contributed by atoms with Gasteiger partial charge in [0.05, 0.1) is 33.0 Å². The SMILES string of the molecule is CC(C)(CNc1ccc(-n2ncc(Cl)c(Cl)c2=O)cc1Cl)C(N)=O. The van der Waals surface area contributed by atoms with Crippen molar-refractivity contribution < 1.29 is 4.79 Å². The van der Waals surface area contributed by atoms with Crippen LogP contribution in [0.4, 0.5) is 5.69 Å². The number of benzene rings is 1. The zero-order valence-corrected chi connectivity index (χ0v) is 15.2. The molecule has 9 heteroatoms. The summed E-state index contributed by atoms with van der Waals surface area (Å²) in [5.74, 6) is -0.422. The monoisotopic (exact) mass is 388 g/mol. The molecule has 1 heterocycles. The molecule has 24 heavy (non-hydrogen) atoms. The van der Waals surface area contributed by atoms with Gasteiger partial charge in [-0.15, -0.1) is 0 Å². The summed E-state index contributed by atoms with van der Waals surface area (Å²) < 4.78 is 1.09. The fourth-order valence-electron chi connectivity index (χ4n) is 1.78. The van der Waals surface area contributed by atoms with Crippen molar-refractivity contribution in [3.8, 4) is 5.69 Å². The van der Waals surface area contributed by atoms with Gasteiger partial charge in [0.1, 0.15) is 5.02 Å². The first kappa shape index (κ1) is 18.6. The second kappa shape index (κ2) is 7.01. The van der Waals surface area contributed by atoms with Crippen molar-refractivity contribution in [1.29, 1.82) is 0 Å². The summed E-state index contributed by atoms with van der Waals surface area (Å²) in [5.41, 5.74) is 5.09. The topological polar surface area (TPSA) is 90.0 Å². The average molecular weight is 390 g/mol. The molecule has 1 aromatic heterocycles. The molecule has 128 valence electrons. The second-order valence-electron chi connectivity index (χ2n) is 5.79.